The van der Waals surface area contributed by atoms with Gasteiger partial charge in [0.15, 0.2) is 0 Å². The molecule has 8 nitrogen and oxygen atoms in total. The first-order valence-corrected chi connectivity index (χ1v) is 50.4. The molecule has 145 heavy (non-hydrogen) atoms. The summed E-state index contributed by atoms with van der Waals surface area (Å²) >= 11 is 0. The van der Waals surface area contributed by atoms with Gasteiger partial charge in [-0.25, -0.2) is 0 Å². The van der Waals surface area contributed by atoms with Crippen molar-refractivity contribution < 1.29 is 18.9 Å². The van der Waals surface area contributed by atoms with E-state index in [2.05, 4.69) is 495 Å². The van der Waals surface area contributed by atoms with E-state index in [4.69, 9.17) is 18.9 Å². The largest absolute Gasteiger partial charge is 0.494 e. The normalized spacial score (nSPS) is 14.4. The van der Waals surface area contributed by atoms with Crippen LogP contribution in [0.15, 0.2) is 486 Å². The van der Waals surface area contributed by atoms with Crippen molar-refractivity contribution in [3.8, 4) is 78.5 Å². The molecule has 698 valence electrons. The summed E-state index contributed by atoms with van der Waals surface area (Å²) in [6, 6.07) is 173. The number of fused-ring (bicyclic) bond motifs is 15. The fourth-order valence-corrected chi connectivity index (χ4v) is 23.5. The standard InChI is InChI=1S/C137H106N4O4/c1-5-93-47-69-113(70-48-93)144-81-79-136(103-27-11-7-12-28-103)125-39-23-19-35-115(125)119-75-67-111(87-129(119)136)138(105-31-15-9-16-32-105)107-63-53-99(54-64-107)101-57-77-133-123(85-101)121-37-21-25-41-131(121)140(133)109-59-43-95(44-60-109)89-142-91-97-51-73-117-118-74-52-98(84-128(118)135(3,4)127(117)83-97)92-143-90-96-45-61-110(62-46-96)141-132-42-26-22-38-122(132)124-86-102(58-78-134(124)141)100-55-65-108(66-56-100)139(106-33-17-10-18-34-106)112-68-76-120-116-36-20-24-40-126(116)137(130(120)88-112,104-29-13-8-14-30-104)80-82-145-114-71-49-94(6-2)50-72-114/h5-78,83-88H,1-2,79-82,89-92H2,3-4H3. The highest BCUT2D eigenvalue weighted by atomic mass is 16.5. The monoisotopic (exact) mass is 1870 g/mol. The van der Waals surface area contributed by atoms with E-state index in [0.717, 1.165) is 148 Å². The van der Waals surface area contributed by atoms with Gasteiger partial charge >= 0.3 is 0 Å². The van der Waals surface area contributed by atoms with E-state index in [1.165, 1.54) is 99.4 Å². The summed E-state index contributed by atoms with van der Waals surface area (Å²) in [6.07, 6.45) is 5.21. The van der Waals surface area contributed by atoms with E-state index in [1.54, 1.807) is 0 Å². The Morgan fingerprint density at radius 1 is 0.248 bits per heavy atom. The van der Waals surface area contributed by atoms with Crippen molar-refractivity contribution in [3.63, 3.8) is 0 Å². The van der Waals surface area contributed by atoms with Gasteiger partial charge in [-0.15, -0.1) is 0 Å². The molecule has 0 aliphatic heterocycles. The lowest BCUT2D eigenvalue weighted by Gasteiger charge is -2.34. The number of hydrogen-bond donors (Lipinski definition) is 0. The van der Waals surface area contributed by atoms with Crippen molar-refractivity contribution in [2.24, 2.45) is 0 Å². The molecule has 0 saturated heterocycles. The maximum Gasteiger partial charge on any atom is 0.119 e. The lowest BCUT2D eigenvalue weighted by Crippen LogP contribution is -2.29. The minimum atomic E-state index is -0.475. The third-order valence-corrected chi connectivity index (χ3v) is 30.6. The van der Waals surface area contributed by atoms with E-state index < -0.39 is 10.8 Å². The van der Waals surface area contributed by atoms with Crippen molar-refractivity contribution >= 4 is 89.9 Å². The summed E-state index contributed by atoms with van der Waals surface area (Å²) in [4.78, 5) is 4.79. The Morgan fingerprint density at radius 3 is 0.972 bits per heavy atom. The molecule has 2 heterocycles. The van der Waals surface area contributed by atoms with Crippen LogP contribution in [-0.2, 0) is 52.1 Å². The van der Waals surface area contributed by atoms with E-state index in [1.807, 2.05) is 36.4 Å². The first-order chi connectivity index (χ1) is 71.5. The van der Waals surface area contributed by atoms with Crippen LogP contribution in [0.2, 0.25) is 0 Å². The molecule has 2 atom stereocenters. The Labute approximate surface area is 847 Å². The van der Waals surface area contributed by atoms with E-state index >= 15 is 0 Å². The minimum Gasteiger partial charge on any atom is -0.494 e. The van der Waals surface area contributed by atoms with Gasteiger partial charge in [0.25, 0.3) is 0 Å². The molecule has 25 rings (SSSR count). The number of nitrogens with zero attached hydrogens (tertiary/aromatic N) is 4. The average Bonchev–Trinajstić information content (AvgIpc) is 1.55. The molecule has 20 aromatic carbocycles. The van der Waals surface area contributed by atoms with Crippen molar-refractivity contribution in [3.05, 3.63) is 564 Å². The van der Waals surface area contributed by atoms with Crippen LogP contribution in [0.3, 0.4) is 0 Å². The number of rotatable bonds is 30. The van der Waals surface area contributed by atoms with Crippen LogP contribution in [0.5, 0.6) is 11.5 Å². The van der Waals surface area contributed by atoms with Gasteiger partial charge in [-0.2, -0.15) is 0 Å². The maximum absolute atomic E-state index is 6.62. The molecule has 0 saturated carbocycles. The quantitative estimate of drug-likeness (QED) is 0.0447. The summed E-state index contributed by atoms with van der Waals surface area (Å²) in [5.41, 5.74) is 41.2. The lowest BCUT2D eigenvalue weighted by molar-refractivity contribution is 0.107. The van der Waals surface area contributed by atoms with Crippen LogP contribution in [0.4, 0.5) is 34.1 Å². The molecular weight excluding hydrogens is 1770 g/mol. The average molecular weight is 1870 g/mol. The molecule has 3 aliphatic carbocycles. The Bertz CT molecular complexity index is 8150. The summed E-state index contributed by atoms with van der Waals surface area (Å²) in [6.45, 7) is 15.6. The second-order valence-electron chi connectivity index (χ2n) is 39.1. The van der Waals surface area contributed by atoms with E-state index in [-0.39, 0.29) is 5.41 Å². The fourth-order valence-electron chi connectivity index (χ4n) is 23.5. The zero-order valence-electron chi connectivity index (χ0n) is 81.2. The van der Waals surface area contributed by atoms with Gasteiger partial charge in [0, 0.05) is 83.3 Å². The van der Waals surface area contributed by atoms with Crippen LogP contribution < -0.4 is 19.3 Å². The van der Waals surface area contributed by atoms with Crippen LogP contribution >= 0.6 is 0 Å². The summed E-state index contributed by atoms with van der Waals surface area (Å²) in [7, 11) is 0. The van der Waals surface area contributed by atoms with Crippen molar-refractivity contribution in [2.45, 2.75) is 69.4 Å². The van der Waals surface area contributed by atoms with Crippen LogP contribution in [0.25, 0.3) is 123 Å². The highest BCUT2D eigenvalue weighted by Gasteiger charge is 2.47. The third kappa shape index (κ3) is 16.0. The predicted octanol–water partition coefficient (Wildman–Crippen LogP) is 34.7. The number of benzene rings is 20. The van der Waals surface area contributed by atoms with Gasteiger partial charge in [-0.1, -0.05) is 355 Å². The van der Waals surface area contributed by atoms with Gasteiger partial charge in [-0.05, 0) is 304 Å². The highest BCUT2D eigenvalue weighted by molar-refractivity contribution is 6.12. The minimum absolute atomic E-state index is 0.215. The van der Waals surface area contributed by atoms with Crippen LogP contribution in [-0.4, -0.2) is 22.3 Å². The van der Waals surface area contributed by atoms with Gasteiger partial charge in [-0.3, -0.25) is 0 Å². The van der Waals surface area contributed by atoms with Gasteiger partial charge in [0.05, 0.1) is 61.7 Å². The van der Waals surface area contributed by atoms with Crippen LogP contribution in [0.1, 0.15) is 105 Å². The Hall–Kier alpha value is -17.4. The number of aromatic nitrogens is 2. The molecule has 0 N–H and O–H groups in total. The summed E-state index contributed by atoms with van der Waals surface area (Å²) in [5, 5.41) is 4.82. The third-order valence-electron chi connectivity index (χ3n) is 30.6. The molecule has 22 aromatic rings. The van der Waals surface area contributed by atoms with Crippen molar-refractivity contribution in [2.75, 3.05) is 23.0 Å². The second-order valence-corrected chi connectivity index (χ2v) is 39.1. The highest BCUT2D eigenvalue weighted by Crippen LogP contribution is 2.59. The van der Waals surface area contributed by atoms with Crippen molar-refractivity contribution in [1.29, 1.82) is 0 Å². The number of hydrogen-bond acceptors (Lipinski definition) is 6. The summed E-state index contributed by atoms with van der Waals surface area (Å²) in [5.74, 6) is 1.69. The Kier molecular flexibility index (Phi) is 23.0. The van der Waals surface area contributed by atoms with Crippen molar-refractivity contribution in [1.82, 2.24) is 9.13 Å². The zero-order valence-corrected chi connectivity index (χ0v) is 81.2. The Morgan fingerprint density at radius 2 is 0.566 bits per heavy atom. The first kappa shape index (κ1) is 89.0. The Balaban J connectivity index is 0.411. The van der Waals surface area contributed by atoms with E-state index in [0.29, 0.717) is 39.6 Å². The van der Waals surface area contributed by atoms with Crippen LogP contribution in [0, 0.1) is 0 Å². The van der Waals surface area contributed by atoms with Gasteiger partial charge in [0.1, 0.15) is 11.5 Å². The van der Waals surface area contributed by atoms with Gasteiger partial charge < -0.3 is 37.9 Å². The number of anilines is 6. The molecule has 0 radical (unpaired) electrons. The second kappa shape index (κ2) is 37.6. The maximum atomic E-state index is 6.62. The van der Waals surface area contributed by atoms with Gasteiger partial charge in [0.2, 0.25) is 0 Å². The molecule has 0 spiro atoms. The van der Waals surface area contributed by atoms with E-state index in [9.17, 15) is 0 Å². The fraction of sp³-hybridized carbons (Fsp3) is 0.0949. The number of ether oxygens (including phenoxy) is 4. The molecule has 8 heteroatoms. The zero-order chi connectivity index (χ0) is 97.1. The summed E-state index contributed by atoms with van der Waals surface area (Å²) < 4.78 is 31.2. The topological polar surface area (TPSA) is 53.3 Å². The lowest BCUT2D eigenvalue weighted by atomic mass is 9.70. The molecular formula is C137H106N4O4. The molecule has 0 bridgehead atoms. The molecule has 2 aromatic heterocycles. The number of para-hydroxylation sites is 4. The molecule has 0 amide bonds. The smallest absolute Gasteiger partial charge is 0.119 e. The molecule has 0 fully saturated rings. The first-order valence-electron chi connectivity index (χ1n) is 50.4. The SMILES string of the molecule is C=Cc1ccc(OCCC2(c3ccccc3)c3ccccc3-c3ccc(N(c4ccccc4)c4ccc(-c5ccc6c(c5)c5ccccc5n6-c5ccc(COCc6ccc7c(c6)C(C)(C)c6cc(COCc8ccc(-n9c%10ccccc%10c%10cc(-c%11ccc(N(c%12ccccc%12)c%12ccc%13c(c%12)C(CCOc%12ccc(C=C)cc%12)(c%12ccccc%12)c%12ccccc%12-%13)cc%11)ccc%109)cc8)ccc6-7)cc5)cc4)cc32)cc1. The predicted molar refractivity (Wildman–Crippen MR) is 600 cm³/mol. The molecule has 3 aliphatic rings. The molecule has 2 unspecified atom stereocenters.